The SMILES string of the molecule is CCCCCCCCCCCCN(CCC(=O)OCCCC)C(=O)C(CC)CCCC. The van der Waals surface area contributed by atoms with Gasteiger partial charge in [0.25, 0.3) is 0 Å². The molecule has 1 atom stereocenters. The van der Waals surface area contributed by atoms with E-state index < -0.39 is 0 Å². The molecule has 0 heterocycles. The number of esters is 1. The molecule has 0 aromatic heterocycles. The van der Waals surface area contributed by atoms with Gasteiger partial charge in [0.05, 0.1) is 13.0 Å². The highest BCUT2D eigenvalue weighted by Crippen LogP contribution is 2.18. The average molecular weight is 440 g/mol. The molecule has 0 saturated heterocycles. The zero-order valence-corrected chi connectivity index (χ0v) is 21.4. The van der Waals surface area contributed by atoms with Gasteiger partial charge in [0.1, 0.15) is 0 Å². The molecule has 0 rings (SSSR count). The van der Waals surface area contributed by atoms with Crippen LogP contribution in [0.5, 0.6) is 0 Å². The first-order valence-corrected chi connectivity index (χ1v) is 13.5. The van der Waals surface area contributed by atoms with E-state index in [2.05, 4.69) is 27.7 Å². The van der Waals surface area contributed by atoms with E-state index in [0.29, 0.717) is 19.6 Å². The van der Waals surface area contributed by atoms with Gasteiger partial charge in [0.2, 0.25) is 5.91 Å². The molecule has 0 spiro atoms. The van der Waals surface area contributed by atoms with Crippen molar-refractivity contribution >= 4 is 11.9 Å². The minimum atomic E-state index is -0.170. The minimum absolute atomic E-state index is 0.0965. The fourth-order valence-electron chi connectivity index (χ4n) is 3.96. The molecule has 0 aliphatic carbocycles. The van der Waals surface area contributed by atoms with Crippen LogP contribution >= 0.6 is 0 Å². The molecular formula is C27H53NO3. The predicted molar refractivity (Wildman–Crippen MR) is 132 cm³/mol. The van der Waals surface area contributed by atoms with Crippen LogP contribution < -0.4 is 0 Å². The summed E-state index contributed by atoms with van der Waals surface area (Å²) in [5.41, 5.74) is 0. The molecule has 0 N–H and O–H groups in total. The topological polar surface area (TPSA) is 46.6 Å². The molecule has 0 aromatic rings. The van der Waals surface area contributed by atoms with Crippen molar-refractivity contribution in [2.75, 3.05) is 19.7 Å². The zero-order valence-electron chi connectivity index (χ0n) is 21.4. The minimum Gasteiger partial charge on any atom is -0.466 e. The normalized spacial score (nSPS) is 12.0. The number of carbonyl (C=O) groups excluding carboxylic acids is 2. The van der Waals surface area contributed by atoms with Gasteiger partial charge in [-0.1, -0.05) is 105 Å². The molecule has 1 amide bonds. The number of hydrogen-bond donors (Lipinski definition) is 0. The van der Waals surface area contributed by atoms with E-state index in [1.165, 1.54) is 57.8 Å². The largest absolute Gasteiger partial charge is 0.466 e. The maximum absolute atomic E-state index is 13.1. The Morgan fingerprint density at radius 3 is 1.77 bits per heavy atom. The Kier molecular flexibility index (Phi) is 21.4. The first-order valence-electron chi connectivity index (χ1n) is 13.5. The fraction of sp³-hybridized carbons (Fsp3) is 0.926. The molecule has 4 nitrogen and oxygen atoms in total. The van der Waals surface area contributed by atoms with Gasteiger partial charge in [0, 0.05) is 19.0 Å². The van der Waals surface area contributed by atoms with Gasteiger partial charge >= 0.3 is 5.97 Å². The number of hydrogen-bond acceptors (Lipinski definition) is 3. The highest BCUT2D eigenvalue weighted by atomic mass is 16.5. The first kappa shape index (κ1) is 29.9. The Labute approximate surface area is 193 Å². The number of nitrogens with zero attached hydrogens (tertiary/aromatic N) is 1. The molecule has 0 aliphatic heterocycles. The van der Waals surface area contributed by atoms with Crippen molar-refractivity contribution in [3.63, 3.8) is 0 Å². The Morgan fingerprint density at radius 1 is 0.677 bits per heavy atom. The van der Waals surface area contributed by atoms with Crippen LogP contribution in [-0.2, 0) is 14.3 Å². The number of amides is 1. The number of rotatable bonds is 22. The third-order valence-electron chi connectivity index (χ3n) is 6.19. The predicted octanol–water partition coefficient (Wildman–Crippen LogP) is 7.69. The maximum atomic E-state index is 13.1. The average Bonchev–Trinajstić information content (AvgIpc) is 2.77. The van der Waals surface area contributed by atoms with Crippen LogP contribution in [0.15, 0.2) is 0 Å². The van der Waals surface area contributed by atoms with E-state index >= 15 is 0 Å². The van der Waals surface area contributed by atoms with Gasteiger partial charge in [0.15, 0.2) is 0 Å². The molecule has 0 aromatic carbocycles. The smallest absolute Gasteiger partial charge is 0.307 e. The lowest BCUT2D eigenvalue weighted by Gasteiger charge is -2.27. The molecule has 0 saturated carbocycles. The summed E-state index contributed by atoms with van der Waals surface area (Å²) in [6.07, 6.45) is 19.2. The summed E-state index contributed by atoms with van der Waals surface area (Å²) in [6, 6.07) is 0. The van der Waals surface area contributed by atoms with Gasteiger partial charge < -0.3 is 9.64 Å². The quantitative estimate of drug-likeness (QED) is 0.128. The van der Waals surface area contributed by atoms with Crippen molar-refractivity contribution in [3.8, 4) is 0 Å². The summed E-state index contributed by atoms with van der Waals surface area (Å²) < 4.78 is 5.29. The van der Waals surface area contributed by atoms with E-state index in [1.54, 1.807) is 0 Å². The summed E-state index contributed by atoms with van der Waals surface area (Å²) in [7, 11) is 0. The third-order valence-corrected chi connectivity index (χ3v) is 6.19. The molecular weight excluding hydrogens is 386 g/mol. The zero-order chi connectivity index (χ0) is 23.2. The maximum Gasteiger partial charge on any atom is 0.307 e. The van der Waals surface area contributed by atoms with E-state index in [-0.39, 0.29) is 17.8 Å². The van der Waals surface area contributed by atoms with Gasteiger partial charge in [-0.2, -0.15) is 0 Å². The van der Waals surface area contributed by atoms with Crippen LogP contribution in [0.25, 0.3) is 0 Å². The van der Waals surface area contributed by atoms with Crippen molar-refractivity contribution in [2.24, 2.45) is 5.92 Å². The third kappa shape index (κ3) is 17.2. The Hall–Kier alpha value is -1.06. The summed E-state index contributed by atoms with van der Waals surface area (Å²) >= 11 is 0. The Balaban J connectivity index is 4.36. The van der Waals surface area contributed by atoms with Crippen LogP contribution in [0.1, 0.15) is 137 Å². The van der Waals surface area contributed by atoms with Gasteiger partial charge in [-0.3, -0.25) is 9.59 Å². The molecule has 184 valence electrons. The van der Waals surface area contributed by atoms with Crippen molar-refractivity contribution in [1.29, 1.82) is 0 Å². The second kappa shape index (κ2) is 22.1. The molecule has 4 heteroatoms. The van der Waals surface area contributed by atoms with E-state index in [1.807, 2.05) is 4.90 Å². The lowest BCUT2D eigenvalue weighted by Crippen LogP contribution is -2.38. The molecule has 0 bridgehead atoms. The van der Waals surface area contributed by atoms with Crippen molar-refractivity contribution in [2.45, 2.75) is 137 Å². The van der Waals surface area contributed by atoms with Crippen LogP contribution in [0.3, 0.4) is 0 Å². The second-order valence-corrected chi connectivity index (χ2v) is 9.08. The van der Waals surface area contributed by atoms with Crippen molar-refractivity contribution in [3.05, 3.63) is 0 Å². The Morgan fingerprint density at radius 2 is 1.23 bits per heavy atom. The van der Waals surface area contributed by atoms with Crippen LogP contribution in [-0.4, -0.2) is 36.5 Å². The Bertz CT molecular complexity index is 425. The fourth-order valence-corrected chi connectivity index (χ4v) is 3.96. The monoisotopic (exact) mass is 439 g/mol. The standard InChI is InChI=1S/C27H53NO3/c1-5-9-12-13-14-15-16-17-18-19-22-28(23-21-26(29)31-24-11-7-3)27(30)25(8-4)20-10-6-2/h25H,5-24H2,1-4H3. The highest BCUT2D eigenvalue weighted by Gasteiger charge is 2.23. The van der Waals surface area contributed by atoms with Crippen molar-refractivity contribution < 1.29 is 14.3 Å². The van der Waals surface area contributed by atoms with E-state index in [9.17, 15) is 9.59 Å². The molecule has 31 heavy (non-hydrogen) atoms. The number of unbranched alkanes of at least 4 members (excludes halogenated alkanes) is 11. The van der Waals surface area contributed by atoms with Gasteiger partial charge in [-0.05, 0) is 25.7 Å². The lowest BCUT2D eigenvalue weighted by atomic mass is 9.97. The van der Waals surface area contributed by atoms with Crippen molar-refractivity contribution in [1.82, 2.24) is 4.90 Å². The summed E-state index contributed by atoms with van der Waals surface area (Å²) in [4.78, 5) is 27.1. The second-order valence-electron chi connectivity index (χ2n) is 9.08. The first-order chi connectivity index (χ1) is 15.1. The van der Waals surface area contributed by atoms with E-state index in [4.69, 9.17) is 4.74 Å². The van der Waals surface area contributed by atoms with Gasteiger partial charge in [-0.25, -0.2) is 0 Å². The summed E-state index contributed by atoms with van der Waals surface area (Å²) in [6.45, 7) is 10.4. The number of carbonyl (C=O) groups is 2. The summed E-state index contributed by atoms with van der Waals surface area (Å²) in [5.74, 6) is 0.170. The summed E-state index contributed by atoms with van der Waals surface area (Å²) in [5, 5.41) is 0. The van der Waals surface area contributed by atoms with Crippen LogP contribution in [0, 0.1) is 5.92 Å². The molecule has 0 aliphatic rings. The van der Waals surface area contributed by atoms with Crippen LogP contribution in [0.2, 0.25) is 0 Å². The lowest BCUT2D eigenvalue weighted by molar-refractivity contribution is -0.145. The highest BCUT2D eigenvalue weighted by molar-refractivity contribution is 5.79. The molecule has 0 fully saturated rings. The van der Waals surface area contributed by atoms with Gasteiger partial charge in [-0.15, -0.1) is 0 Å². The molecule has 1 unspecified atom stereocenters. The van der Waals surface area contributed by atoms with Crippen LogP contribution in [0.4, 0.5) is 0 Å². The molecule has 0 radical (unpaired) electrons. The van der Waals surface area contributed by atoms with E-state index in [0.717, 1.165) is 51.5 Å². The number of ether oxygens (including phenoxy) is 1.